The van der Waals surface area contributed by atoms with Gasteiger partial charge in [0.25, 0.3) is 0 Å². The first kappa shape index (κ1) is 20.3. The molecule has 0 heterocycles. The van der Waals surface area contributed by atoms with Crippen molar-refractivity contribution >= 4 is 18.0 Å². The topological polar surface area (TPSA) is 55.4 Å². The Labute approximate surface area is 187 Å². The van der Waals surface area contributed by atoms with Gasteiger partial charge in [0.15, 0.2) is 5.78 Å². The largest absolute Gasteiger partial charge is 0.449 e. The Bertz CT molecular complexity index is 1170. The summed E-state index contributed by atoms with van der Waals surface area (Å²) in [6, 6.07) is 22.6. The number of nitrogens with one attached hydrogen (secondary N) is 1. The molecule has 0 bridgehead atoms. The Balaban J connectivity index is 1.11. The van der Waals surface area contributed by atoms with Crippen LogP contribution >= 0.6 is 0 Å². The smallest absolute Gasteiger partial charge is 0.407 e. The van der Waals surface area contributed by atoms with Gasteiger partial charge < -0.3 is 10.1 Å². The van der Waals surface area contributed by atoms with E-state index in [1.165, 1.54) is 22.3 Å². The van der Waals surface area contributed by atoms with E-state index in [2.05, 4.69) is 35.6 Å². The number of benzene rings is 3. The number of ether oxygens (including phenoxy) is 1. The monoisotopic (exact) mass is 423 g/mol. The maximum Gasteiger partial charge on any atom is 0.407 e. The number of hydrogen-bond donors (Lipinski definition) is 1. The first-order chi connectivity index (χ1) is 15.7. The molecule has 3 aromatic rings. The van der Waals surface area contributed by atoms with Gasteiger partial charge in [-0.15, -0.1) is 0 Å². The maximum absolute atomic E-state index is 12.2. The molecule has 0 atom stereocenters. The minimum Gasteiger partial charge on any atom is -0.449 e. The molecule has 0 radical (unpaired) electrons. The van der Waals surface area contributed by atoms with Crippen molar-refractivity contribution in [1.29, 1.82) is 0 Å². The van der Waals surface area contributed by atoms with E-state index in [0.29, 0.717) is 26.0 Å². The lowest BCUT2D eigenvalue weighted by Crippen LogP contribution is -2.26. The van der Waals surface area contributed by atoms with E-state index in [-0.39, 0.29) is 11.7 Å². The Morgan fingerprint density at radius 3 is 2.41 bits per heavy atom. The van der Waals surface area contributed by atoms with Crippen LogP contribution < -0.4 is 5.32 Å². The molecule has 1 N–H and O–H groups in total. The summed E-state index contributed by atoms with van der Waals surface area (Å²) >= 11 is 0. The average Bonchev–Trinajstić information content (AvgIpc) is 3.35. The van der Waals surface area contributed by atoms with Crippen LogP contribution in [0.2, 0.25) is 0 Å². The van der Waals surface area contributed by atoms with Crippen LogP contribution in [0.4, 0.5) is 4.79 Å². The molecular weight excluding hydrogens is 398 g/mol. The van der Waals surface area contributed by atoms with Crippen LogP contribution in [0.5, 0.6) is 0 Å². The predicted molar refractivity (Wildman–Crippen MR) is 126 cm³/mol. The molecular formula is C28H25NO3. The molecule has 160 valence electrons. The number of fused-ring (bicyclic) bond motifs is 4. The summed E-state index contributed by atoms with van der Waals surface area (Å²) in [5.41, 5.74) is 7.94. The Morgan fingerprint density at radius 1 is 0.938 bits per heavy atom. The van der Waals surface area contributed by atoms with Crippen molar-refractivity contribution in [2.24, 2.45) is 0 Å². The second-order valence-corrected chi connectivity index (χ2v) is 8.28. The number of Topliss-reactive ketones (excluding diaryl/α,β-unsaturated/α-hetero) is 1. The molecule has 5 rings (SSSR count). The summed E-state index contributed by atoms with van der Waals surface area (Å²) in [5.74, 6) is 0.308. The van der Waals surface area contributed by atoms with E-state index in [1.54, 1.807) is 0 Å². The van der Waals surface area contributed by atoms with Gasteiger partial charge in [-0.25, -0.2) is 4.79 Å². The fourth-order valence-corrected chi connectivity index (χ4v) is 4.71. The lowest BCUT2D eigenvalue weighted by atomic mass is 9.98. The van der Waals surface area contributed by atoms with Crippen LogP contribution in [0.25, 0.3) is 17.2 Å². The predicted octanol–water partition coefficient (Wildman–Crippen LogP) is 5.76. The third kappa shape index (κ3) is 3.96. The van der Waals surface area contributed by atoms with E-state index in [1.807, 2.05) is 48.6 Å². The average molecular weight is 424 g/mol. The number of rotatable bonds is 6. The van der Waals surface area contributed by atoms with Crippen molar-refractivity contribution in [3.63, 3.8) is 0 Å². The molecule has 0 fully saturated rings. The lowest BCUT2D eigenvalue weighted by Gasteiger charge is -2.14. The molecule has 4 nitrogen and oxygen atoms in total. The SMILES string of the molecule is O=C(NCCC=Cc1ccc2c(c1)CCC2=O)OCC1c2ccccc2-c2ccccc21. The van der Waals surface area contributed by atoms with Crippen LogP contribution in [-0.4, -0.2) is 25.0 Å². The number of alkyl carbamates (subject to hydrolysis) is 1. The van der Waals surface area contributed by atoms with Gasteiger partial charge in [-0.1, -0.05) is 78.9 Å². The van der Waals surface area contributed by atoms with Crippen molar-refractivity contribution in [1.82, 2.24) is 5.32 Å². The van der Waals surface area contributed by atoms with Crippen molar-refractivity contribution in [2.75, 3.05) is 13.2 Å². The molecule has 2 aliphatic rings. The van der Waals surface area contributed by atoms with Crippen LogP contribution in [0.1, 0.15) is 51.4 Å². The van der Waals surface area contributed by atoms with Gasteiger partial charge in [-0.05, 0) is 46.2 Å². The Morgan fingerprint density at radius 2 is 1.66 bits per heavy atom. The fourth-order valence-electron chi connectivity index (χ4n) is 4.71. The van der Waals surface area contributed by atoms with Crippen LogP contribution in [0, 0.1) is 0 Å². The van der Waals surface area contributed by atoms with Crippen LogP contribution in [-0.2, 0) is 11.2 Å². The van der Waals surface area contributed by atoms with E-state index >= 15 is 0 Å². The lowest BCUT2D eigenvalue weighted by molar-refractivity contribution is 0.0994. The zero-order valence-corrected chi connectivity index (χ0v) is 17.8. The van der Waals surface area contributed by atoms with Gasteiger partial charge in [0, 0.05) is 24.4 Å². The molecule has 0 spiro atoms. The van der Waals surface area contributed by atoms with Gasteiger partial charge >= 0.3 is 6.09 Å². The van der Waals surface area contributed by atoms with E-state index < -0.39 is 6.09 Å². The summed E-state index contributed by atoms with van der Waals surface area (Å²) in [5, 5.41) is 2.83. The third-order valence-corrected chi connectivity index (χ3v) is 6.29. The molecule has 2 aliphatic carbocycles. The Kier molecular flexibility index (Phi) is 5.59. The minimum absolute atomic E-state index is 0.0692. The van der Waals surface area contributed by atoms with E-state index in [4.69, 9.17) is 4.74 Å². The molecule has 4 heteroatoms. The first-order valence-corrected chi connectivity index (χ1v) is 11.1. The molecule has 0 saturated carbocycles. The Hall–Kier alpha value is -3.66. The van der Waals surface area contributed by atoms with Gasteiger partial charge in [0.05, 0.1) is 0 Å². The molecule has 0 aliphatic heterocycles. The van der Waals surface area contributed by atoms with Gasteiger partial charge in [-0.3, -0.25) is 4.79 Å². The van der Waals surface area contributed by atoms with Crippen LogP contribution in [0.15, 0.2) is 72.8 Å². The normalized spacial score (nSPS) is 14.3. The number of hydrogen-bond acceptors (Lipinski definition) is 3. The first-order valence-electron chi connectivity index (χ1n) is 11.1. The van der Waals surface area contributed by atoms with Crippen molar-refractivity contribution in [2.45, 2.75) is 25.2 Å². The highest BCUT2D eigenvalue weighted by Gasteiger charge is 2.28. The molecule has 0 saturated heterocycles. The molecule has 3 aromatic carbocycles. The molecule has 32 heavy (non-hydrogen) atoms. The summed E-state index contributed by atoms with van der Waals surface area (Å²) in [6.45, 7) is 0.833. The molecule has 0 unspecified atom stereocenters. The summed E-state index contributed by atoms with van der Waals surface area (Å²) < 4.78 is 5.56. The number of carbonyl (C=O) groups is 2. The summed E-state index contributed by atoms with van der Waals surface area (Å²) in [6.07, 6.45) is 5.83. The van der Waals surface area contributed by atoms with Crippen molar-refractivity contribution in [3.05, 3.63) is 101 Å². The summed E-state index contributed by atoms with van der Waals surface area (Å²) in [4.78, 5) is 24.0. The van der Waals surface area contributed by atoms with Crippen LogP contribution in [0.3, 0.4) is 0 Å². The quantitative estimate of drug-likeness (QED) is 0.513. The summed E-state index contributed by atoms with van der Waals surface area (Å²) in [7, 11) is 0. The number of amides is 1. The molecule has 1 amide bonds. The van der Waals surface area contributed by atoms with Gasteiger partial charge in [-0.2, -0.15) is 0 Å². The highest BCUT2D eigenvalue weighted by atomic mass is 16.5. The van der Waals surface area contributed by atoms with Crippen molar-refractivity contribution in [3.8, 4) is 11.1 Å². The minimum atomic E-state index is -0.392. The van der Waals surface area contributed by atoms with E-state index in [0.717, 1.165) is 23.1 Å². The van der Waals surface area contributed by atoms with Gasteiger partial charge in [0.2, 0.25) is 0 Å². The van der Waals surface area contributed by atoms with Crippen molar-refractivity contribution < 1.29 is 14.3 Å². The number of carbonyl (C=O) groups excluding carboxylic acids is 2. The zero-order valence-electron chi connectivity index (χ0n) is 17.8. The third-order valence-electron chi connectivity index (χ3n) is 6.29. The standard InChI is InChI=1S/C28H25NO3/c30-27-15-13-20-17-19(12-14-21(20)27)7-5-6-16-29-28(31)32-18-26-24-10-3-1-8-22(24)23-9-2-4-11-25(23)26/h1-5,7-12,14,17,26H,6,13,15-16,18H2,(H,29,31). The maximum atomic E-state index is 12.2. The zero-order chi connectivity index (χ0) is 21.9. The number of aryl methyl sites for hydroxylation is 1. The van der Waals surface area contributed by atoms with E-state index in [9.17, 15) is 9.59 Å². The second kappa shape index (κ2) is 8.83. The second-order valence-electron chi connectivity index (χ2n) is 8.28. The fraction of sp³-hybridized carbons (Fsp3) is 0.214. The van der Waals surface area contributed by atoms with Gasteiger partial charge in [0.1, 0.15) is 6.61 Å². The highest BCUT2D eigenvalue weighted by molar-refractivity contribution is 6.00. The number of ketones is 1. The highest BCUT2D eigenvalue weighted by Crippen LogP contribution is 2.44. The molecule has 0 aromatic heterocycles.